The van der Waals surface area contributed by atoms with Crippen molar-refractivity contribution in [3.8, 4) is 0 Å². The summed E-state index contributed by atoms with van der Waals surface area (Å²) in [5.41, 5.74) is 5.63. The minimum Gasteiger partial charge on any atom is -0.319 e. The van der Waals surface area contributed by atoms with Gasteiger partial charge in [-0.05, 0) is 25.0 Å². The molecule has 0 amide bonds. The van der Waals surface area contributed by atoms with Crippen molar-refractivity contribution >= 4 is 5.78 Å². The monoisotopic (exact) mass is 162 g/mol. The molecular formula is C9H10N2O. The number of Topliss-reactive ketones (excluding diaryl/α,β-unsaturated/α-hetero) is 1. The van der Waals surface area contributed by atoms with Crippen LogP contribution in [0.2, 0.25) is 0 Å². The second-order valence-electron chi connectivity index (χ2n) is 3.20. The SMILES string of the molecule is NC1(C(=O)c2ccccn2)CC1. The number of carbonyl (C=O) groups excluding carboxylic acids is 1. The highest BCUT2D eigenvalue weighted by atomic mass is 16.1. The smallest absolute Gasteiger partial charge is 0.200 e. The number of pyridine rings is 1. The van der Waals surface area contributed by atoms with E-state index in [0.717, 1.165) is 12.8 Å². The second kappa shape index (κ2) is 2.38. The van der Waals surface area contributed by atoms with Crippen LogP contribution in [-0.4, -0.2) is 16.3 Å². The predicted molar refractivity (Wildman–Crippen MR) is 44.7 cm³/mol. The molecule has 1 aromatic rings. The first-order valence-corrected chi connectivity index (χ1v) is 3.97. The summed E-state index contributed by atoms with van der Waals surface area (Å²) < 4.78 is 0. The average Bonchev–Trinajstić information content (AvgIpc) is 2.85. The maximum atomic E-state index is 11.5. The predicted octanol–water partition coefficient (Wildman–Crippen LogP) is 0.756. The summed E-state index contributed by atoms with van der Waals surface area (Å²) in [5, 5.41) is 0. The Hall–Kier alpha value is -1.22. The molecule has 0 bridgehead atoms. The topological polar surface area (TPSA) is 56.0 Å². The van der Waals surface area contributed by atoms with Crippen LogP contribution < -0.4 is 5.73 Å². The number of hydrogen-bond donors (Lipinski definition) is 1. The van der Waals surface area contributed by atoms with Gasteiger partial charge >= 0.3 is 0 Å². The Balaban J connectivity index is 2.26. The molecule has 1 aliphatic rings. The van der Waals surface area contributed by atoms with Crippen LogP contribution in [0.3, 0.4) is 0 Å². The molecule has 0 spiro atoms. The van der Waals surface area contributed by atoms with Crippen molar-refractivity contribution in [1.29, 1.82) is 0 Å². The van der Waals surface area contributed by atoms with E-state index in [1.807, 2.05) is 0 Å². The Morgan fingerprint density at radius 1 is 1.50 bits per heavy atom. The maximum absolute atomic E-state index is 11.5. The highest BCUT2D eigenvalue weighted by Gasteiger charge is 2.46. The van der Waals surface area contributed by atoms with E-state index in [1.165, 1.54) is 0 Å². The van der Waals surface area contributed by atoms with Gasteiger partial charge in [0.25, 0.3) is 0 Å². The van der Waals surface area contributed by atoms with E-state index >= 15 is 0 Å². The lowest BCUT2D eigenvalue weighted by atomic mass is 10.1. The molecule has 0 aromatic carbocycles. The third kappa shape index (κ3) is 1.12. The summed E-state index contributed by atoms with van der Waals surface area (Å²) >= 11 is 0. The quantitative estimate of drug-likeness (QED) is 0.653. The number of ketones is 1. The zero-order valence-corrected chi connectivity index (χ0v) is 6.66. The summed E-state index contributed by atoms with van der Waals surface area (Å²) in [6, 6.07) is 5.29. The van der Waals surface area contributed by atoms with E-state index in [2.05, 4.69) is 4.98 Å². The molecule has 1 saturated carbocycles. The molecule has 2 N–H and O–H groups in total. The molecule has 12 heavy (non-hydrogen) atoms. The van der Waals surface area contributed by atoms with E-state index in [-0.39, 0.29) is 5.78 Å². The molecule has 3 heteroatoms. The molecule has 1 aromatic heterocycles. The van der Waals surface area contributed by atoms with Gasteiger partial charge in [0.05, 0.1) is 5.54 Å². The molecule has 2 rings (SSSR count). The van der Waals surface area contributed by atoms with Gasteiger partial charge in [-0.15, -0.1) is 0 Å². The Morgan fingerprint density at radius 2 is 2.25 bits per heavy atom. The minimum absolute atomic E-state index is 0.0249. The molecule has 62 valence electrons. The van der Waals surface area contributed by atoms with E-state index in [9.17, 15) is 4.79 Å². The molecule has 0 unspecified atom stereocenters. The van der Waals surface area contributed by atoms with Crippen LogP contribution in [-0.2, 0) is 0 Å². The summed E-state index contributed by atoms with van der Waals surface area (Å²) in [6.07, 6.45) is 3.20. The number of nitrogens with zero attached hydrogens (tertiary/aromatic N) is 1. The fourth-order valence-corrected chi connectivity index (χ4v) is 1.11. The summed E-state index contributed by atoms with van der Waals surface area (Å²) in [6.45, 7) is 0. The number of carbonyl (C=O) groups is 1. The molecule has 0 saturated heterocycles. The van der Waals surface area contributed by atoms with Crippen LogP contribution in [0.5, 0.6) is 0 Å². The molecule has 3 nitrogen and oxygen atoms in total. The van der Waals surface area contributed by atoms with Crippen molar-refractivity contribution < 1.29 is 4.79 Å². The van der Waals surface area contributed by atoms with Crippen LogP contribution in [0.25, 0.3) is 0 Å². The molecule has 0 atom stereocenters. The fourth-order valence-electron chi connectivity index (χ4n) is 1.11. The molecule has 1 aliphatic carbocycles. The lowest BCUT2D eigenvalue weighted by Crippen LogP contribution is -2.33. The van der Waals surface area contributed by atoms with Crippen molar-refractivity contribution in [3.05, 3.63) is 30.1 Å². The summed E-state index contributed by atoms with van der Waals surface area (Å²) in [5.74, 6) is -0.0249. The zero-order valence-electron chi connectivity index (χ0n) is 6.66. The first kappa shape index (κ1) is 7.43. The Labute approximate surface area is 70.6 Å². The van der Waals surface area contributed by atoms with Gasteiger partial charge in [0, 0.05) is 6.20 Å². The average molecular weight is 162 g/mol. The molecule has 1 fully saturated rings. The highest BCUT2D eigenvalue weighted by molar-refractivity contribution is 6.03. The van der Waals surface area contributed by atoms with Gasteiger partial charge in [-0.2, -0.15) is 0 Å². The third-order valence-corrected chi connectivity index (χ3v) is 2.14. The Bertz CT molecular complexity index is 304. The first-order valence-electron chi connectivity index (χ1n) is 3.97. The van der Waals surface area contributed by atoms with E-state index < -0.39 is 5.54 Å². The standard InChI is InChI=1S/C9H10N2O/c10-9(4-5-9)8(12)7-3-1-2-6-11-7/h1-3,6H,4-5,10H2. The van der Waals surface area contributed by atoms with Gasteiger partial charge in [0.15, 0.2) is 0 Å². The second-order valence-corrected chi connectivity index (χ2v) is 3.20. The van der Waals surface area contributed by atoms with Crippen molar-refractivity contribution in [2.45, 2.75) is 18.4 Å². The van der Waals surface area contributed by atoms with Gasteiger partial charge < -0.3 is 5.73 Å². The maximum Gasteiger partial charge on any atom is 0.200 e. The fraction of sp³-hybridized carbons (Fsp3) is 0.333. The highest BCUT2D eigenvalue weighted by Crippen LogP contribution is 2.34. The van der Waals surface area contributed by atoms with E-state index in [0.29, 0.717) is 5.69 Å². The molecule has 0 aliphatic heterocycles. The van der Waals surface area contributed by atoms with Gasteiger partial charge in [-0.1, -0.05) is 6.07 Å². The Kier molecular flexibility index (Phi) is 1.48. The minimum atomic E-state index is -0.589. The van der Waals surface area contributed by atoms with Gasteiger partial charge in [0.2, 0.25) is 5.78 Å². The third-order valence-electron chi connectivity index (χ3n) is 2.14. The Morgan fingerprint density at radius 3 is 2.75 bits per heavy atom. The van der Waals surface area contributed by atoms with Crippen LogP contribution in [0.1, 0.15) is 23.3 Å². The van der Waals surface area contributed by atoms with Crippen LogP contribution in [0.15, 0.2) is 24.4 Å². The van der Waals surface area contributed by atoms with Gasteiger partial charge in [-0.3, -0.25) is 9.78 Å². The number of hydrogen-bond acceptors (Lipinski definition) is 3. The lowest BCUT2D eigenvalue weighted by molar-refractivity contribution is 0.0944. The first-order chi connectivity index (χ1) is 5.72. The van der Waals surface area contributed by atoms with E-state index in [1.54, 1.807) is 24.4 Å². The summed E-state index contributed by atoms with van der Waals surface area (Å²) in [4.78, 5) is 15.5. The van der Waals surface area contributed by atoms with Crippen LogP contribution in [0.4, 0.5) is 0 Å². The van der Waals surface area contributed by atoms with Crippen LogP contribution >= 0.6 is 0 Å². The van der Waals surface area contributed by atoms with Crippen molar-refractivity contribution in [1.82, 2.24) is 4.98 Å². The molecule has 0 radical (unpaired) electrons. The normalized spacial score (nSPS) is 18.8. The number of nitrogens with two attached hydrogens (primary N) is 1. The number of aromatic nitrogens is 1. The van der Waals surface area contributed by atoms with Crippen LogP contribution in [0, 0.1) is 0 Å². The van der Waals surface area contributed by atoms with Crippen molar-refractivity contribution in [2.24, 2.45) is 5.73 Å². The zero-order chi connectivity index (χ0) is 8.60. The van der Waals surface area contributed by atoms with Crippen molar-refractivity contribution in [2.75, 3.05) is 0 Å². The largest absolute Gasteiger partial charge is 0.319 e. The molecule has 1 heterocycles. The van der Waals surface area contributed by atoms with Crippen molar-refractivity contribution in [3.63, 3.8) is 0 Å². The lowest BCUT2D eigenvalue weighted by Gasteiger charge is -2.04. The van der Waals surface area contributed by atoms with Gasteiger partial charge in [0.1, 0.15) is 5.69 Å². The summed E-state index contributed by atoms with van der Waals surface area (Å²) in [7, 11) is 0. The van der Waals surface area contributed by atoms with Gasteiger partial charge in [-0.25, -0.2) is 0 Å². The molecular weight excluding hydrogens is 152 g/mol. The number of rotatable bonds is 2. The van der Waals surface area contributed by atoms with E-state index in [4.69, 9.17) is 5.73 Å².